The molecule has 2 N–H and O–H groups in total. The van der Waals surface area contributed by atoms with Gasteiger partial charge in [0.25, 0.3) is 0 Å². The number of nitrogens with one attached hydrogen (secondary N) is 2. The van der Waals surface area contributed by atoms with Crippen molar-refractivity contribution in [3.8, 4) is 0 Å². The third-order valence-electron chi connectivity index (χ3n) is 1.80. The van der Waals surface area contributed by atoms with E-state index in [1.54, 1.807) is 6.92 Å². The molecule has 1 rings (SSSR count). The molecule has 0 aromatic carbocycles. The molecule has 0 fully saturated rings. The smallest absolute Gasteiger partial charge is 0.302 e. The SMILES string of the molecule is CCCc1c(C)[nH][nH]c(=O)c1=O. The van der Waals surface area contributed by atoms with Gasteiger partial charge in [-0.2, -0.15) is 0 Å². The molecule has 1 heterocycles. The van der Waals surface area contributed by atoms with Crippen molar-refractivity contribution < 1.29 is 0 Å². The molecule has 0 unspecified atom stereocenters. The number of H-pyrrole nitrogens is 2. The summed E-state index contributed by atoms with van der Waals surface area (Å²) in [4.78, 5) is 22.1. The molecule has 0 atom stereocenters. The third-order valence-corrected chi connectivity index (χ3v) is 1.80. The monoisotopic (exact) mass is 168 g/mol. The summed E-state index contributed by atoms with van der Waals surface area (Å²) < 4.78 is 0. The number of aryl methyl sites for hydroxylation is 1. The van der Waals surface area contributed by atoms with Crippen LogP contribution < -0.4 is 11.0 Å². The van der Waals surface area contributed by atoms with Crippen LogP contribution in [0.2, 0.25) is 0 Å². The van der Waals surface area contributed by atoms with Crippen molar-refractivity contribution in [3.05, 3.63) is 31.8 Å². The van der Waals surface area contributed by atoms with Gasteiger partial charge in [0.1, 0.15) is 0 Å². The molecule has 66 valence electrons. The molecular weight excluding hydrogens is 156 g/mol. The van der Waals surface area contributed by atoms with Crippen LogP contribution in [-0.2, 0) is 6.42 Å². The molecule has 1 aromatic rings. The lowest BCUT2D eigenvalue weighted by molar-refractivity contribution is 0.838. The maximum Gasteiger partial charge on any atom is 0.310 e. The highest BCUT2D eigenvalue weighted by Crippen LogP contribution is 1.97. The molecule has 0 aliphatic carbocycles. The van der Waals surface area contributed by atoms with Gasteiger partial charge < -0.3 is 5.10 Å². The van der Waals surface area contributed by atoms with Crippen LogP contribution in [0, 0.1) is 6.92 Å². The topological polar surface area (TPSA) is 65.7 Å². The minimum atomic E-state index is -0.566. The van der Waals surface area contributed by atoms with Crippen molar-refractivity contribution in [2.75, 3.05) is 0 Å². The van der Waals surface area contributed by atoms with Crippen LogP contribution in [0.1, 0.15) is 24.6 Å². The molecule has 12 heavy (non-hydrogen) atoms. The van der Waals surface area contributed by atoms with Gasteiger partial charge >= 0.3 is 5.56 Å². The summed E-state index contributed by atoms with van der Waals surface area (Å²) in [7, 11) is 0. The zero-order valence-electron chi connectivity index (χ0n) is 7.23. The van der Waals surface area contributed by atoms with Crippen molar-refractivity contribution in [1.82, 2.24) is 10.2 Å². The zero-order chi connectivity index (χ0) is 9.14. The first kappa shape index (κ1) is 8.77. The quantitative estimate of drug-likeness (QED) is 0.625. The van der Waals surface area contributed by atoms with Crippen LogP contribution in [0.3, 0.4) is 0 Å². The predicted octanol–water partition coefficient (Wildman–Crippen LogP) is 0.324. The number of rotatable bonds is 2. The Morgan fingerprint density at radius 2 is 1.92 bits per heavy atom. The van der Waals surface area contributed by atoms with E-state index in [1.165, 1.54) is 0 Å². The summed E-state index contributed by atoms with van der Waals surface area (Å²) >= 11 is 0. The molecule has 0 radical (unpaired) electrons. The Labute approximate surface area is 69.6 Å². The Balaban J connectivity index is 3.33. The predicted molar refractivity (Wildman–Crippen MR) is 46.4 cm³/mol. The number of hydrogen-bond acceptors (Lipinski definition) is 2. The van der Waals surface area contributed by atoms with Crippen LogP contribution >= 0.6 is 0 Å². The first-order valence-corrected chi connectivity index (χ1v) is 3.97. The lowest BCUT2D eigenvalue weighted by Gasteiger charge is -2.00. The highest BCUT2D eigenvalue weighted by Gasteiger charge is 2.05. The van der Waals surface area contributed by atoms with E-state index in [0.29, 0.717) is 12.0 Å². The molecule has 0 amide bonds. The summed E-state index contributed by atoms with van der Waals surface area (Å²) in [5, 5.41) is 4.93. The Kier molecular flexibility index (Phi) is 2.47. The molecule has 0 aliphatic rings. The van der Waals surface area contributed by atoms with Gasteiger partial charge in [-0.05, 0) is 13.3 Å². The Hall–Kier alpha value is -1.32. The van der Waals surface area contributed by atoms with Crippen molar-refractivity contribution in [3.63, 3.8) is 0 Å². The maximum atomic E-state index is 11.2. The average molecular weight is 168 g/mol. The van der Waals surface area contributed by atoms with Crippen molar-refractivity contribution in [1.29, 1.82) is 0 Å². The second-order valence-corrected chi connectivity index (χ2v) is 2.76. The summed E-state index contributed by atoms with van der Waals surface area (Å²) in [6, 6.07) is 0. The fourth-order valence-corrected chi connectivity index (χ4v) is 1.14. The molecule has 0 bridgehead atoms. The highest BCUT2D eigenvalue weighted by molar-refractivity contribution is 5.16. The standard InChI is InChI=1S/C8H12N2O2/c1-3-4-6-5(2)9-10-8(12)7(6)11/h3-4H2,1-2H3,(H,9,11)(H,10,12). The van der Waals surface area contributed by atoms with Gasteiger partial charge in [0.2, 0.25) is 5.43 Å². The first-order chi connectivity index (χ1) is 5.66. The summed E-state index contributed by atoms with van der Waals surface area (Å²) in [5.41, 5.74) is 0.375. The normalized spacial score (nSPS) is 10.2. The summed E-state index contributed by atoms with van der Waals surface area (Å²) in [6.45, 7) is 3.75. The number of hydrogen-bond donors (Lipinski definition) is 2. The highest BCUT2D eigenvalue weighted by atomic mass is 16.2. The van der Waals surface area contributed by atoms with Crippen molar-refractivity contribution in [2.45, 2.75) is 26.7 Å². The second kappa shape index (κ2) is 3.38. The molecule has 4 heteroatoms. The van der Waals surface area contributed by atoms with E-state index >= 15 is 0 Å². The number of aromatic amines is 2. The van der Waals surface area contributed by atoms with E-state index in [9.17, 15) is 9.59 Å². The van der Waals surface area contributed by atoms with E-state index in [2.05, 4.69) is 10.2 Å². The van der Waals surface area contributed by atoms with Crippen LogP contribution in [0.5, 0.6) is 0 Å². The summed E-state index contributed by atoms with van der Waals surface area (Å²) in [6.07, 6.45) is 1.53. The molecule has 0 spiro atoms. The molecule has 1 aromatic heterocycles. The Morgan fingerprint density at radius 3 is 2.50 bits per heavy atom. The minimum absolute atomic E-state index is 0.409. The van der Waals surface area contributed by atoms with Gasteiger partial charge in [-0.25, -0.2) is 0 Å². The van der Waals surface area contributed by atoms with Crippen LogP contribution in [-0.4, -0.2) is 10.2 Å². The third kappa shape index (κ3) is 1.47. The minimum Gasteiger partial charge on any atom is -0.302 e. The molecule has 4 nitrogen and oxygen atoms in total. The van der Waals surface area contributed by atoms with Gasteiger partial charge in [-0.15, -0.1) is 0 Å². The van der Waals surface area contributed by atoms with Crippen LogP contribution in [0.4, 0.5) is 0 Å². The Bertz CT molecular complexity index is 375. The first-order valence-electron chi connectivity index (χ1n) is 3.97. The van der Waals surface area contributed by atoms with Gasteiger partial charge in [-0.3, -0.25) is 14.7 Å². The van der Waals surface area contributed by atoms with E-state index in [4.69, 9.17) is 0 Å². The lowest BCUT2D eigenvalue weighted by atomic mass is 10.1. The molecule has 0 saturated heterocycles. The largest absolute Gasteiger partial charge is 0.310 e. The van der Waals surface area contributed by atoms with Crippen LogP contribution in [0.25, 0.3) is 0 Å². The molecular formula is C8H12N2O2. The lowest BCUT2D eigenvalue weighted by Crippen LogP contribution is -2.32. The van der Waals surface area contributed by atoms with Gasteiger partial charge in [0.15, 0.2) is 0 Å². The van der Waals surface area contributed by atoms with Gasteiger partial charge in [0, 0.05) is 11.3 Å². The second-order valence-electron chi connectivity index (χ2n) is 2.76. The molecule has 0 aliphatic heterocycles. The Morgan fingerprint density at radius 1 is 1.25 bits per heavy atom. The van der Waals surface area contributed by atoms with Gasteiger partial charge in [0.05, 0.1) is 0 Å². The number of aromatic nitrogens is 2. The molecule has 0 saturated carbocycles. The average Bonchev–Trinajstić information content (AvgIpc) is 2.06. The van der Waals surface area contributed by atoms with Gasteiger partial charge in [-0.1, -0.05) is 13.3 Å². The fourth-order valence-electron chi connectivity index (χ4n) is 1.14. The summed E-state index contributed by atoms with van der Waals surface area (Å²) in [5.74, 6) is 0. The zero-order valence-corrected chi connectivity index (χ0v) is 7.23. The van der Waals surface area contributed by atoms with Crippen molar-refractivity contribution in [2.24, 2.45) is 0 Å². The van der Waals surface area contributed by atoms with E-state index in [-0.39, 0.29) is 0 Å². The van der Waals surface area contributed by atoms with Crippen molar-refractivity contribution >= 4 is 0 Å². The maximum absolute atomic E-state index is 11.2. The van der Waals surface area contributed by atoms with Crippen LogP contribution in [0.15, 0.2) is 9.59 Å². The van der Waals surface area contributed by atoms with E-state index < -0.39 is 11.0 Å². The van der Waals surface area contributed by atoms with E-state index in [1.807, 2.05) is 6.92 Å². The van der Waals surface area contributed by atoms with E-state index in [0.717, 1.165) is 12.1 Å². The fraction of sp³-hybridized carbons (Fsp3) is 0.500.